The predicted octanol–water partition coefficient (Wildman–Crippen LogP) is 5.00. The van der Waals surface area contributed by atoms with E-state index >= 15 is 0 Å². The van der Waals surface area contributed by atoms with Crippen LogP contribution < -0.4 is 5.32 Å². The quantitative estimate of drug-likeness (QED) is 0.480. The van der Waals surface area contributed by atoms with E-state index in [0.717, 1.165) is 16.1 Å². The van der Waals surface area contributed by atoms with Gasteiger partial charge in [0.05, 0.1) is 0 Å². The van der Waals surface area contributed by atoms with Crippen LogP contribution in [-0.2, 0) is 0 Å². The summed E-state index contributed by atoms with van der Waals surface area (Å²) in [7, 11) is 0. The molecule has 0 radical (unpaired) electrons. The average Bonchev–Trinajstić information content (AvgIpc) is 3.22. The van der Waals surface area contributed by atoms with E-state index in [9.17, 15) is 9.59 Å². The van der Waals surface area contributed by atoms with E-state index in [2.05, 4.69) is 15.5 Å². The van der Waals surface area contributed by atoms with Gasteiger partial charge < -0.3 is 0 Å². The van der Waals surface area contributed by atoms with Gasteiger partial charge in [-0.1, -0.05) is 77.6 Å². The number of hydrogen-bond acceptors (Lipinski definition) is 5. The maximum absolute atomic E-state index is 12.5. The molecule has 0 spiro atoms. The summed E-state index contributed by atoms with van der Waals surface area (Å²) in [5.41, 5.74) is 3.69. The molecule has 0 aliphatic heterocycles. The first kappa shape index (κ1) is 18.7. The van der Waals surface area contributed by atoms with E-state index in [0.29, 0.717) is 21.8 Å². The number of nitrogens with zero attached hydrogens (tertiary/aromatic N) is 2. The number of carbonyl (C=O) groups is 2. The van der Waals surface area contributed by atoms with Gasteiger partial charge in [-0.25, -0.2) is 0 Å². The van der Waals surface area contributed by atoms with Crippen LogP contribution in [0.1, 0.15) is 31.8 Å². The standard InChI is InChI=1S/C23H17N3O2S/c1-15-6-5-9-19(14-15)22-25-26-23(29-22)24-21(28)18-12-10-17(11-13-18)20(27)16-7-3-2-4-8-16/h2-14H,1H3,(H,24,26,28). The van der Waals surface area contributed by atoms with E-state index in [4.69, 9.17) is 0 Å². The van der Waals surface area contributed by atoms with Crippen LogP contribution in [0.3, 0.4) is 0 Å². The highest BCUT2D eigenvalue weighted by Crippen LogP contribution is 2.27. The number of carbonyl (C=O) groups excluding carboxylic acids is 2. The SMILES string of the molecule is Cc1cccc(-c2nnc(NC(=O)c3ccc(C(=O)c4ccccc4)cc3)s2)c1. The Morgan fingerprint density at radius 1 is 0.793 bits per heavy atom. The zero-order chi connectivity index (χ0) is 20.2. The predicted molar refractivity (Wildman–Crippen MR) is 114 cm³/mol. The third-order valence-electron chi connectivity index (χ3n) is 4.36. The van der Waals surface area contributed by atoms with Crippen molar-refractivity contribution in [3.63, 3.8) is 0 Å². The highest BCUT2D eigenvalue weighted by molar-refractivity contribution is 7.18. The summed E-state index contributed by atoms with van der Waals surface area (Å²) < 4.78 is 0. The summed E-state index contributed by atoms with van der Waals surface area (Å²) in [5, 5.41) is 12.1. The van der Waals surface area contributed by atoms with Crippen LogP contribution >= 0.6 is 11.3 Å². The lowest BCUT2D eigenvalue weighted by Gasteiger charge is -2.04. The molecule has 0 aliphatic carbocycles. The number of anilines is 1. The van der Waals surface area contributed by atoms with Crippen LogP contribution in [0, 0.1) is 6.92 Å². The Balaban J connectivity index is 1.46. The number of benzene rings is 3. The van der Waals surface area contributed by atoms with E-state index < -0.39 is 0 Å². The molecule has 5 nitrogen and oxygen atoms in total. The lowest BCUT2D eigenvalue weighted by atomic mass is 10.0. The molecule has 3 aromatic carbocycles. The first-order chi connectivity index (χ1) is 14.1. The summed E-state index contributed by atoms with van der Waals surface area (Å²) in [6.07, 6.45) is 0. The Labute approximate surface area is 172 Å². The van der Waals surface area contributed by atoms with Crippen LogP contribution in [0.15, 0.2) is 78.9 Å². The summed E-state index contributed by atoms with van der Waals surface area (Å²) in [6, 6.07) is 23.6. The minimum Gasteiger partial charge on any atom is -0.296 e. The number of hydrogen-bond donors (Lipinski definition) is 1. The lowest BCUT2D eigenvalue weighted by Crippen LogP contribution is -2.12. The molecule has 1 heterocycles. The monoisotopic (exact) mass is 399 g/mol. The Morgan fingerprint density at radius 2 is 1.48 bits per heavy atom. The smallest absolute Gasteiger partial charge is 0.257 e. The van der Waals surface area contributed by atoms with Gasteiger partial charge in [0.1, 0.15) is 5.01 Å². The Bertz CT molecular complexity index is 1170. The number of aromatic nitrogens is 2. The lowest BCUT2D eigenvalue weighted by molar-refractivity contribution is 0.102. The first-order valence-corrected chi connectivity index (χ1v) is 9.83. The largest absolute Gasteiger partial charge is 0.296 e. The minimum atomic E-state index is -0.296. The van der Waals surface area contributed by atoms with Crippen molar-refractivity contribution in [3.05, 3.63) is 101 Å². The van der Waals surface area contributed by atoms with Crippen LogP contribution in [0.25, 0.3) is 10.6 Å². The van der Waals surface area contributed by atoms with E-state index in [1.807, 2.05) is 49.4 Å². The summed E-state index contributed by atoms with van der Waals surface area (Å²) in [4.78, 5) is 25.0. The molecule has 4 rings (SSSR count). The molecule has 0 fully saturated rings. The number of ketones is 1. The molecule has 0 aliphatic rings. The normalized spacial score (nSPS) is 10.5. The van der Waals surface area contributed by atoms with Gasteiger partial charge in [-0.15, -0.1) is 10.2 Å². The molecule has 0 atom stereocenters. The van der Waals surface area contributed by atoms with Crippen molar-refractivity contribution in [2.75, 3.05) is 5.32 Å². The highest BCUT2D eigenvalue weighted by Gasteiger charge is 2.13. The molecule has 142 valence electrons. The molecule has 0 unspecified atom stereocenters. The van der Waals surface area contributed by atoms with Crippen molar-refractivity contribution >= 4 is 28.2 Å². The Hall–Kier alpha value is -3.64. The molecule has 1 amide bonds. The van der Waals surface area contributed by atoms with Crippen LogP contribution in [0.5, 0.6) is 0 Å². The molecular weight excluding hydrogens is 382 g/mol. The molecule has 6 heteroatoms. The van der Waals surface area contributed by atoms with Crippen LogP contribution in [-0.4, -0.2) is 21.9 Å². The summed E-state index contributed by atoms with van der Waals surface area (Å²) in [6.45, 7) is 2.01. The zero-order valence-corrected chi connectivity index (χ0v) is 16.4. The molecule has 1 N–H and O–H groups in total. The van der Waals surface area contributed by atoms with Gasteiger partial charge in [-0.3, -0.25) is 14.9 Å². The highest BCUT2D eigenvalue weighted by atomic mass is 32.1. The van der Waals surface area contributed by atoms with Crippen molar-refractivity contribution < 1.29 is 9.59 Å². The van der Waals surface area contributed by atoms with E-state index in [1.165, 1.54) is 11.3 Å². The fraction of sp³-hybridized carbons (Fsp3) is 0.0435. The number of rotatable bonds is 5. The summed E-state index contributed by atoms with van der Waals surface area (Å²) in [5.74, 6) is -0.375. The van der Waals surface area contributed by atoms with Gasteiger partial charge in [0.25, 0.3) is 5.91 Å². The zero-order valence-electron chi connectivity index (χ0n) is 15.6. The number of nitrogens with one attached hydrogen (secondary N) is 1. The van der Waals surface area contributed by atoms with Crippen molar-refractivity contribution in [3.8, 4) is 10.6 Å². The maximum Gasteiger partial charge on any atom is 0.257 e. The van der Waals surface area contributed by atoms with Gasteiger partial charge in [-0.05, 0) is 25.1 Å². The van der Waals surface area contributed by atoms with Crippen molar-refractivity contribution in [2.24, 2.45) is 0 Å². The molecule has 1 aromatic heterocycles. The van der Waals surface area contributed by atoms with Crippen molar-refractivity contribution in [2.45, 2.75) is 6.92 Å². The van der Waals surface area contributed by atoms with Gasteiger partial charge in [0.2, 0.25) is 5.13 Å². The second-order valence-electron chi connectivity index (χ2n) is 6.51. The fourth-order valence-corrected chi connectivity index (χ4v) is 3.60. The topological polar surface area (TPSA) is 72.0 Å². The molecule has 0 bridgehead atoms. The molecule has 29 heavy (non-hydrogen) atoms. The first-order valence-electron chi connectivity index (χ1n) is 9.02. The number of aryl methyl sites for hydroxylation is 1. The van der Waals surface area contributed by atoms with Crippen LogP contribution in [0.2, 0.25) is 0 Å². The minimum absolute atomic E-state index is 0.0792. The molecule has 0 saturated heterocycles. The van der Waals surface area contributed by atoms with E-state index in [-0.39, 0.29) is 11.7 Å². The van der Waals surface area contributed by atoms with E-state index in [1.54, 1.807) is 36.4 Å². The fourth-order valence-electron chi connectivity index (χ4n) is 2.87. The van der Waals surface area contributed by atoms with Crippen molar-refractivity contribution in [1.82, 2.24) is 10.2 Å². The number of amides is 1. The second kappa shape index (κ2) is 8.16. The van der Waals surface area contributed by atoms with Crippen molar-refractivity contribution in [1.29, 1.82) is 0 Å². The molecular formula is C23H17N3O2S. The Morgan fingerprint density at radius 3 is 2.21 bits per heavy atom. The third-order valence-corrected chi connectivity index (χ3v) is 5.24. The third kappa shape index (κ3) is 4.28. The second-order valence-corrected chi connectivity index (χ2v) is 7.49. The van der Waals surface area contributed by atoms with Gasteiger partial charge in [-0.2, -0.15) is 0 Å². The maximum atomic E-state index is 12.5. The molecule has 0 saturated carbocycles. The Kier molecular flexibility index (Phi) is 5.27. The van der Waals surface area contributed by atoms with Crippen LogP contribution in [0.4, 0.5) is 5.13 Å². The average molecular weight is 399 g/mol. The van der Waals surface area contributed by atoms with Gasteiger partial charge in [0.15, 0.2) is 5.78 Å². The van der Waals surface area contributed by atoms with Gasteiger partial charge >= 0.3 is 0 Å². The van der Waals surface area contributed by atoms with Gasteiger partial charge in [0, 0.05) is 22.3 Å². The summed E-state index contributed by atoms with van der Waals surface area (Å²) >= 11 is 1.31. The molecule has 4 aromatic rings.